The van der Waals surface area contributed by atoms with Gasteiger partial charge in [0.2, 0.25) is 0 Å². The molecule has 1 atom stereocenters. The maximum Gasteiger partial charge on any atom is 0.128 e. The van der Waals surface area contributed by atoms with E-state index in [1.807, 2.05) is 36.4 Å². The van der Waals surface area contributed by atoms with Gasteiger partial charge in [-0.05, 0) is 37.6 Å². The summed E-state index contributed by atoms with van der Waals surface area (Å²) in [5.41, 5.74) is 1.01. The molecular weight excluding hydrogens is 236 g/mol. The molecule has 4 nitrogen and oxygen atoms in total. The molecule has 0 bridgehead atoms. The Morgan fingerprint density at radius 2 is 1.95 bits per heavy atom. The van der Waals surface area contributed by atoms with Crippen molar-refractivity contribution in [1.29, 1.82) is 0 Å². The SMILES string of the molecule is CCCNc1cccc(NC(C)c2ccccn2)n1. The Kier molecular flexibility index (Phi) is 4.72. The fourth-order valence-corrected chi connectivity index (χ4v) is 1.79. The summed E-state index contributed by atoms with van der Waals surface area (Å²) in [4.78, 5) is 8.87. The summed E-state index contributed by atoms with van der Waals surface area (Å²) >= 11 is 0. The van der Waals surface area contributed by atoms with E-state index >= 15 is 0 Å². The molecule has 2 aromatic heterocycles. The van der Waals surface area contributed by atoms with Crippen molar-refractivity contribution < 1.29 is 0 Å². The number of hydrogen-bond acceptors (Lipinski definition) is 4. The van der Waals surface area contributed by atoms with E-state index in [-0.39, 0.29) is 6.04 Å². The molecule has 0 aliphatic heterocycles. The van der Waals surface area contributed by atoms with Crippen LogP contribution in [0, 0.1) is 0 Å². The van der Waals surface area contributed by atoms with E-state index in [4.69, 9.17) is 0 Å². The molecule has 2 heterocycles. The summed E-state index contributed by atoms with van der Waals surface area (Å²) in [6.45, 7) is 5.15. The van der Waals surface area contributed by atoms with Gasteiger partial charge in [0, 0.05) is 12.7 Å². The van der Waals surface area contributed by atoms with Gasteiger partial charge in [-0.3, -0.25) is 4.98 Å². The van der Waals surface area contributed by atoms with E-state index in [2.05, 4.69) is 34.4 Å². The minimum atomic E-state index is 0.134. The van der Waals surface area contributed by atoms with Gasteiger partial charge in [-0.15, -0.1) is 0 Å². The second-order valence-corrected chi connectivity index (χ2v) is 4.46. The van der Waals surface area contributed by atoms with Crippen LogP contribution in [0.25, 0.3) is 0 Å². The van der Waals surface area contributed by atoms with Gasteiger partial charge in [-0.25, -0.2) is 4.98 Å². The minimum absolute atomic E-state index is 0.134. The molecule has 0 saturated heterocycles. The van der Waals surface area contributed by atoms with Gasteiger partial charge in [0.05, 0.1) is 11.7 Å². The normalized spacial score (nSPS) is 11.9. The van der Waals surface area contributed by atoms with E-state index in [0.717, 1.165) is 30.3 Å². The van der Waals surface area contributed by atoms with Crippen molar-refractivity contribution in [3.8, 4) is 0 Å². The fourth-order valence-electron chi connectivity index (χ4n) is 1.79. The summed E-state index contributed by atoms with van der Waals surface area (Å²) in [5, 5.41) is 6.64. The summed E-state index contributed by atoms with van der Waals surface area (Å²) in [7, 11) is 0. The number of nitrogens with zero attached hydrogens (tertiary/aromatic N) is 2. The van der Waals surface area contributed by atoms with E-state index in [1.165, 1.54) is 0 Å². The zero-order valence-electron chi connectivity index (χ0n) is 11.4. The topological polar surface area (TPSA) is 49.8 Å². The smallest absolute Gasteiger partial charge is 0.128 e. The first-order valence-corrected chi connectivity index (χ1v) is 6.68. The monoisotopic (exact) mass is 256 g/mol. The summed E-state index contributed by atoms with van der Waals surface area (Å²) in [5.74, 6) is 1.76. The van der Waals surface area contributed by atoms with Crippen LogP contribution in [0.4, 0.5) is 11.6 Å². The fraction of sp³-hybridized carbons (Fsp3) is 0.333. The zero-order chi connectivity index (χ0) is 13.5. The van der Waals surface area contributed by atoms with Gasteiger partial charge in [-0.1, -0.05) is 19.1 Å². The van der Waals surface area contributed by atoms with Crippen LogP contribution in [0.3, 0.4) is 0 Å². The van der Waals surface area contributed by atoms with Crippen molar-refractivity contribution >= 4 is 11.6 Å². The third-order valence-electron chi connectivity index (χ3n) is 2.80. The van der Waals surface area contributed by atoms with Gasteiger partial charge in [0.15, 0.2) is 0 Å². The molecule has 100 valence electrons. The number of aromatic nitrogens is 2. The minimum Gasteiger partial charge on any atom is -0.370 e. The molecule has 0 fully saturated rings. The Hall–Kier alpha value is -2.10. The highest BCUT2D eigenvalue weighted by Gasteiger charge is 2.06. The van der Waals surface area contributed by atoms with Crippen molar-refractivity contribution in [2.45, 2.75) is 26.3 Å². The van der Waals surface area contributed by atoms with E-state index < -0.39 is 0 Å². The molecular formula is C15H20N4. The molecule has 0 spiro atoms. The molecule has 2 rings (SSSR count). The van der Waals surface area contributed by atoms with E-state index in [1.54, 1.807) is 6.20 Å². The van der Waals surface area contributed by atoms with Crippen LogP contribution in [-0.2, 0) is 0 Å². The number of rotatable bonds is 6. The number of anilines is 2. The Labute approximate surface area is 114 Å². The van der Waals surface area contributed by atoms with Gasteiger partial charge >= 0.3 is 0 Å². The van der Waals surface area contributed by atoms with E-state index in [0.29, 0.717) is 0 Å². The first kappa shape index (κ1) is 13.3. The standard InChI is InChI=1S/C15H20N4/c1-3-10-17-14-8-6-9-15(19-14)18-12(2)13-7-4-5-11-16-13/h4-9,11-12H,3,10H2,1-2H3,(H2,17,18,19). The van der Waals surface area contributed by atoms with Crippen molar-refractivity contribution in [2.24, 2.45) is 0 Å². The molecule has 0 aliphatic rings. The van der Waals surface area contributed by atoms with Crippen LogP contribution in [0.1, 0.15) is 32.0 Å². The highest BCUT2D eigenvalue weighted by Crippen LogP contribution is 2.17. The average Bonchev–Trinajstić information content (AvgIpc) is 2.46. The molecule has 2 aromatic rings. The number of pyridine rings is 2. The average molecular weight is 256 g/mol. The lowest BCUT2D eigenvalue weighted by Crippen LogP contribution is -2.10. The van der Waals surface area contributed by atoms with Crippen molar-refractivity contribution in [2.75, 3.05) is 17.2 Å². The molecule has 0 radical (unpaired) electrons. The second-order valence-electron chi connectivity index (χ2n) is 4.46. The summed E-state index contributed by atoms with van der Waals surface area (Å²) in [6.07, 6.45) is 2.89. The van der Waals surface area contributed by atoms with Crippen LogP contribution in [0.5, 0.6) is 0 Å². The molecule has 0 aliphatic carbocycles. The Morgan fingerprint density at radius 1 is 1.11 bits per heavy atom. The molecule has 19 heavy (non-hydrogen) atoms. The third-order valence-corrected chi connectivity index (χ3v) is 2.80. The van der Waals surface area contributed by atoms with Crippen molar-refractivity contribution in [3.63, 3.8) is 0 Å². The molecule has 1 unspecified atom stereocenters. The van der Waals surface area contributed by atoms with Crippen LogP contribution in [0.15, 0.2) is 42.6 Å². The van der Waals surface area contributed by atoms with Gasteiger partial charge < -0.3 is 10.6 Å². The van der Waals surface area contributed by atoms with Gasteiger partial charge in [0.25, 0.3) is 0 Å². The molecule has 4 heteroatoms. The summed E-state index contributed by atoms with van der Waals surface area (Å²) in [6, 6.07) is 12.0. The number of hydrogen-bond donors (Lipinski definition) is 2. The highest BCUT2D eigenvalue weighted by atomic mass is 15.1. The molecule has 0 aromatic carbocycles. The lowest BCUT2D eigenvalue weighted by atomic mass is 10.2. The first-order valence-electron chi connectivity index (χ1n) is 6.68. The zero-order valence-corrected chi connectivity index (χ0v) is 11.4. The number of nitrogens with one attached hydrogen (secondary N) is 2. The van der Waals surface area contributed by atoms with Crippen LogP contribution >= 0.6 is 0 Å². The van der Waals surface area contributed by atoms with Crippen LogP contribution < -0.4 is 10.6 Å². The maximum atomic E-state index is 4.53. The van der Waals surface area contributed by atoms with Crippen molar-refractivity contribution in [1.82, 2.24) is 9.97 Å². The lowest BCUT2D eigenvalue weighted by Gasteiger charge is -2.14. The Morgan fingerprint density at radius 3 is 2.68 bits per heavy atom. The molecule has 0 saturated carbocycles. The van der Waals surface area contributed by atoms with Crippen LogP contribution in [0.2, 0.25) is 0 Å². The second kappa shape index (κ2) is 6.73. The first-order chi connectivity index (χ1) is 9.29. The Bertz CT molecular complexity index is 499. The van der Waals surface area contributed by atoms with Gasteiger partial charge in [0.1, 0.15) is 11.6 Å². The van der Waals surface area contributed by atoms with Crippen molar-refractivity contribution in [3.05, 3.63) is 48.3 Å². The molecule has 2 N–H and O–H groups in total. The van der Waals surface area contributed by atoms with E-state index in [9.17, 15) is 0 Å². The van der Waals surface area contributed by atoms with Gasteiger partial charge in [-0.2, -0.15) is 0 Å². The largest absolute Gasteiger partial charge is 0.370 e. The third kappa shape index (κ3) is 3.95. The summed E-state index contributed by atoms with van der Waals surface area (Å²) < 4.78 is 0. The quantitative estimate of drug-likeness (QED) is 0.831. The van der Waals surface area contributed by atoms with Crippen LogP contribution in [-0.4, -0.2) is 16.5 Å². The molecule has 0 amide bonds. The lowest BCUT2D eigenvalue weighted by molar-refractivity contribution is 0.831. The Balaban J connectivity index is 2.02. The predicted octanol–water partition coefficient (Wildman–Crippen LogP) is 3.47. The highest BCUT2D eigenvalue weighted by molar-refractivity contribution is 5.46. The predicted molar refractivity (Wildman–Crippen MR) is 79.3 cm³/mol. The maximum absolute atomic E-state index is 4.53.